The molecule has 0 saturated heterocycles. The van der Waals surface area contributed by atoms with Gasteiger partial charge in [-0.25, -0.2) is 0 Å². The van der Waals surface area contributed by atoms with Gasteiger partial charge >= 0.3 is 85.6 Å². The Bertz CT molecular complexity index is 371. The zero-order valence-electron chi connectivity index (χ0n) is 8.04. The van der Waals surface area contributed by atoms with Crippen molar-refractivity contribution in [2.45, 2.75) is 13.8 Å². The van der Waals surface area contributed by atoms with Crippen LogP contribution in [0.25, 0.3) is 4.41 Å². The van der Waals surface area contributed by atoms with E-state index >= 15 is 0 Å². The predicted molar refractivity (Wildman–Crippen MR) is 59.9 cm³/mol. The second-order valence-corrected chi connectivity index (χ2v) is 6.03. The van der Waals surface area contributed by atoms with Crippen LogP contribution in [-0.4, -0.2) is 15.4 Å². The number of hydrogen-bond donors (Lipinski definition) is 0. The molecule has 0 atom stereocenters. The first-order valence-electron chi connectivity index (χ1n) is 4.57. The van der Waals surface area contributed by atoms with Crippen LogP contribution in [0.3, 0.4) is 0 Å². The summed E-state index contributed by atoms with van der Waals surface area (Å²) in [4.78, 5) is 2.46. The minimum absolute atomic E-state index is 0.271. The molecule has 1 aliphatic heterocycles. The van der Waals surface area contributed by atoms with Crippen molar-refractivity contribution in [2.24, 2.45) is 0 Å². The summed E-state index contributed by atoms with van der Waals surface area (Å²) in [5.41, 5.74) is 4.46. The van der Waals surface area contributed by atoms with E-state index in [4.69, 9.17) is 0 Å². The molecule has 0 N–H and O–H groups in total. The van der Waals surface area contributed by atoms with Gasteiger partial charge < -0.3 is 0 Å². The number of hydrogen-bond acceptors (Lipinski definition) is 0. The first-order chi connectivity index (χ1) is 6.29. The molecule has 0 amide bonds. The van der Waals surface area contributed by atoms with Gasteiger partial charge in [0.15, 0.2) is 0 Å². The number of benzene rings is 1. The van der Waals surface area contributed by atoms with Crippen molar-refractivity contribution in [1.82, 2.24) is 0 Å². The Hall–Kier alpha value is -0.757. The third kappa shape index (κ3) is 1.63. The third-order valence-electron chi connectivity index (χ3n) is 2.58. The second-order valence-electron chi connectivity index (χ2n) is 3.42. The SMILES string of the molecule is CC1=[CH][GeH-][C](c2ccccc2)=C1C. The van der Waals surface area contributed by atoms with Gasteiger partial charge in [-0.15, -0.1) is 0 Å². The molecule has 0 radical (unpaired) electrons. The summed E-state index contributed by atoms with van der Waals surface area (Å²) >= 11 is -0.271. The Labute approximate surface area is 85.8 Å². The van der Waals surface area contributed by atoms with Crippen molar-refractivity contribution in [2.75, 3.05) is 0 Å². The fourth-order valence-electron chi connectivity index (χ4n) is 1.60. The van der Waals surface area contributed by atoms with Crippen molar-refractivity contribution >= 4 is 19.8 Å². The quantitative estimate of drug-likeness (QED) is 0.650. The second kappa shape index (κ2) is 3.54. The van der Waals surface area contributed by atoms with Gasteiger partial charge in [-0.05, 0) is 0 Å². The molecule has 1 heterocycles. The Kier molecular flexibility index (Phi) is 2.41. The summed E-state index contributed by atoms with van der Waals surface area (Å²) in [6, 6.07) is 10.8. The first-order valence-corrected chi connectivity index (χ1v) is 7.18. The Morgan fingerprint density at radius 2 is 1.69 bits per heavy atom. The first kappa shape index (κ1) is 8.82. The zero-order chi connectivity index (χ0) is 9.26. The number of allylic oxidation sites excluding steroid dienone is 2. The van der Waals surface area contributed by atoms with E-state index in [0.717, 1.165) is 0 Å². The molecule has 1 aromatic carbocycles. The molecule has 1 heteroatoms. The van der Waals surface area contributed by atoms with Crippen molar-refractivity contribution in [3.05, 3.63) is 52.0 Å². The van der Waals surface area contributed by atoms with E-state index in [1.54, 1.807) is 4.41 Å². The van der Waals surface area contributed by atoms with Gasteiger partial charge in [0.25, 0.3) is 0 Å². The number of rotatable bonds is 1. The molecule has 0 unspecified atom stereocenters. The van der Waals surface area contributed by atoms with Crippen LogP contribution >= 0.6 is 0 Å². The maximum atomic E-state index is 2.46. The van der Waals surface area contributed by atoms with E-state index in [0.29, 0.717) is 0 Å². The van der Waals surface area contributed by atoms with Gasteiger partial charge in [-0.2, -0.15) is 0 Å². The average Bonchev–Trinajstić information content (AvgIpc) is 2.49. The summed E-state index contributed by atoms with van der Waals surface area (Å²) in [6.07, 6.45) is 0. The molecule has 0 nitrogen and oxygen atoms in total. The van der Waals surface area contributed by atoms with Gasteiger partial charge in [0.1, 0.15) is 0 Å². The molecule has 66 valence electrons. The topological polar surface area (TPSA) is 0 Å². The van der Waals surface area contributed by atoms with Crippen LogP contribution in [0.2, 0.25) is 0 Å². The summed E-state index contributed by atoms with van der Waals surface area (Å²) in [5, 5.41) is 0. The summed E-state index contributed by atoms with van der Waals surface area (Å²) in [6.45, 7) is 4.47. The van der Waals surface area contributed by atoms with Gasteiger partial charge in [0.05, 0.1) is 0 Å². The van der Waals surface area contributed by atoms with E-state index < -0.39 is 0 Å². The molecule has 13 heavy (non-hydrogen) atoms. The minimum atomic E-state index is -0.271. The fraction of sp³-hybridized carbons (Fsp3) is 0.167. The Morgan fingerprint density at radius 3 is 2.23 bits per heavy atom. The summed E-state index contributed by atoms with van der Waals surface area (Å²) < 4.78 is 1.64. The van der Waals surface area contributed by atoms with Gasteiger partial charge in [-0.3, -0.25) is 0 Å². The van der Waals surface area contributed by atoms with Gasteiger partial charge in [0, 0.05) is 0 Å². The normalized spacial score (nSPS) is 15.7. The molecular formula is C12H13Ge-. The monoisotopic (exact) mass is 231 g/mol. The van der Waals surface area contributed by atoms with E-state index in [1.165, 1.54) is 16.7 Å². The molecule has 0 bridgehead atoms. The van der Waals surface area contributed by atoms with Crippen molar-refractivity contribution < 1.29 is 0 Å². The third-order valence-corrected chi connectivity index (χ3v) is 6.29. The van der Waals surface area contributed by atoms with Crippen LogP contribution in [0.15, 0.2) is 46.4 Å². The molecule has 0 fully saturated rings. The molecule has 0 aromatic heterocycles. The standard InChI is InChI=1S/C12H13Ge/c1-9-8-13-12(10(9)2)11-6-4-3-5-7-11/h3-8,13H,1-2H3/q-1. The van der Waals surface area contributed by atoms with Crippen molar-refractivity contribution in [3.8, 4) is 0 Å². The zero-order valence-corrected chi connectivity index (χ0v) is 10.5. The Morgan fingerprint density at radius 1 is 1.00 bits per heavy atom. The Balaban J connectivity index is 2.41. The van der Waals surface area contributed by atoms with Crippen LogP contribution in [0.1, 0.15) is 19.4 Å². The fourth-order valence-corrected chi connectivity index (χ4v) is 4.81. The average molecular weight is 230 g/mol. The summed E-state index contributed by atoms with van der Waals surface area (Å²) in [7, 11) is 0. The van der Waals surface area contributed by atoms with Crippen molar-refractivity contribution in [1.29, 1.82) is 0 Å². The van der Waals surface area contributed by atoms with Crippen molar-refractivity contribution in [3.63, 3.8) is 0 Å². The van der Waals surface area contributed by atoms with Crippen LogP contribution in [0.4, 0.5) is 0 Å². The molecule has 0 saturated carbocycles. The van der Waals surface area contributed by atoms with E-state index in [-0.39, 0.29) is 15.4 Å². The van der Waals surface area contributed by atoms with E-state index in [1.807, 2.05) is 0 Å². The molecule has 0 aliphatic carbocycles. The van der Waals surface area contributed by atoms with Crippen LogP contribution in [-0.2, 0) is 0 Å². The van der Waals surface area contributed by atoms with Crippen LogP contribution in [0, 0.1) is 0 Å². The predicted octanol–water partition coefficient (Wildman–Crippen LogP) is 2.77. The molecular weight excluding hydrogens is 217 g/mol. The van der Waals surface area contributed by atoms with E-state index in [9.17, 15) is 0 Å². The van der Waals surface area contributed by atoms with Crippen LogP contribution < -0.4 is 0 Å². The van der Waals surface area contributed by atoms with Gasteiger partial charge in [-0.1, -0.05) is 0 Å². The molecule has 1 aromatic rings. The molecule has 1 aliphatic rings. The van der Waals surface area contributed by atoms with Gasteiger partial charge in [0.2, 0.25) is 0 Å². The van der Waals surface area contributed by atoms with E-state index in [2.05, 4.69) is 49.1 Å². The molecule has 2 rings (SSSR count). The maximum absolute atomic E-state index is 2.46. The summed E-state index contributed by atoms with van der Waals surface area (Å²) in [5.74, 6) is 0. The molecule has 0 spiro atoms. The van der Waals surface area contributed by atoms with Crippen LogP contribution in [0.5, 0.6) is 0 Å².